The first kappa shape index (κ1) is 22.6. The Balaban J connectivity index is 1.69. The van der Waals surface area contributed by atoms with Gasteiger partial charge in [-0.05, 0) is 36.2 Å². The van der Waals surface area contributed by atoms with Crippen LogP contribution in [0.25, 0.3) is 0 Å². The van der Waals surface area contributed by atoms with Crippen molar-refractivity contribution in [1.82, 2.24) is 14.8 Å². The molecule has 3 rings (SSSR count). The van der Waals surface area contributed by atoms with Gasteiger partial charge in [0.15, 0.2) is 5.16 Å². The van der Waals surface area contributed by atoms with Crippen LogP contribution in [0.5, 0.6) is 0 Å². The summed E-state index contributed by atoms with van der Waals surface area (Å²) in [6, 6.07) is 2.32. The number of thioether (sulfide) groups is 1. The molecule has 30 heavy (non-hydrogen) atoms. The minimum atomic E-state index is -0.131. The largest absolute Gasteiger partial charge is 0.316 e. The topological polar surface area (TPSA) is 83.6 Å². The average molecular weight is 444 g/mol. The summed E-state index contributed by atoms with van der Waals surface area (Å²) >= 11 is 2.92. The maximum atomic E-state index is 12.6. The number of fused-ring (bicyclic) bond motifs is 1. The minimum absolute atomic E-state index is 0.131. The van der Waals surface area contributed by atoms with Crippen LogP contribution in [0.3, 0.4) is 0 Å². The Kier molecular flexibility index (Phi) is 7.04. The van der Waals surface area contributed by atoms with Gasteiger partial charge in [-0.1, -0.05) is 45.5 Å². The monoisotopic (exact) mass is 443 g/mol. The molecule has 0 spiro atoms. The van der Waals surface area contributed by atoms with Gasteiger partial charge in [-0.25, -0.2) is 0 Å². The van der Waals surface area contributed by atoms with Crippen molar-refractivity contribution in [3.05, 3.63) is 34.5 Å². The van der Waals surface area contributed by atoms with Gasteiger partial charge in [0, 0.05) is 17.8 Å². The highest BCUT2D eigenvalue weighted by Crippen LogP contribution is 2.44. The Morgan fingerprint density at radius 2 is 2.23 bits per heavy atom. The van der Waals surface area contributed by atoms with E-state index in [4.69, 9.17) is 0 Å². The molecule has 0 bridgehead atoms. The van der Waals surface area contributed by atoms with E-state index in [1.165, 1.54) is 16.6 Å². The Morgan fingerprint density at radius 1 is 1.47 bits per heavy atom. The highest BCUT2D eigenvalue weighted by molar-refractivity contribution is 7.99. The molecule has 0 fully saturated rings. The third-order valence-electron chi connectivity index (χ3n) is 5.61. The number of allylic oxidation sites excluding steroid dienone is 1. The summed E-state index contributed by atoms with van der Waals surface area (Å²) in [6.07, 6.45) is 5.55. The van der Waals surface area contributed by atoms with Gasteiger partial charge in [0.25, 0.3) is 0 Å². The maximum Gasteiger partial charge on any atom is 0.235 e. The van der Waals surface area contributed by atoms with Gasteiger partial charge < -0.3 is 9.88 Å². The lowest BCUT2D eigenvalue weighted by Gasteiger charge is -2.33. The van der Waals surface area contributed by atoms with Crippen molar-refractivity contribution in [2.24, 2.45) is 11.3 Å². The Hall–Kier alpha value is -2.11. The van der Waals surface area contributed by atoms with Gasteiger partial charge in [-0.15, -0.1) is 28.1 Å². The van der Waals surface area contributed by atoms with Crippen LogP contribution in [0.4, 0.5) is 5.00 Å². The first-order valence-electron chi connectivity index (χ1n) is 10.3. The van der Waals surface area contributed by atoms with E-state index >= 15 is 0 Å². The Bertz CT molecular complexity index is 977. The molecular weight excluding hydrogens is 414 g/mol. The number of rotatable bonds is 7. The van der Waals surface area contributed by atoms with E-state index in [1.807, 2.05) is 11.5 Å². The number of hydrogen-bond donors (Lipinski definition) is 1. The third-order valence-corrected chi connectivity index (χ3v) is 7.75. The standard InChI is InChI=1S/C22H29N5OS2/c1-6-10-27-18(7-2)25-26-21(27)29-13-19(28)24-20-16(12-23)15-9-8-14(22(3,4)5)11-17(15)30-20/h6,14H,1,7-11,13H2,2-5H3,(H,24,28). The van der Waals surface area contributed by atoms with Crippen molar-refractivity contribution >= 4 is 34.0 Å². The fourth-order valence-electron chi connectivity index (χ4n) is 3.82. The number of nitrogens with one attached hydrogen (secondary N) is 1. The van der Waals surface area contributed by atoms with Crippen molar-refractivity contribution in [3.63, 3.8) is 0 Å². The second-order valence-corrected chi connectivity index (χ2v) is 10.7. The highest BCUT2D eigenvalue weighted by Gasteiger charge is 2.32. The third kappa shape index (κ3) is 4.79. The first-order chi connectivity index (χ1) is 14.3. The van der Waals surface area contributed by atoms with Gasteiger partial charge >= 0.3 is 0 Å². The molecule has 8 heteroatoms. The highest BCUT2D eigenvalue weighted by atomic mass is 32.2. The Labute approximate surface area is 186 Å². The summed E-state index contributed by atoms with van der Waals surface area (Å²) in [6.45, 7) is 13.2. The number of aryl methyl sites for hydroxylation is 1. The van der Waals surface area contributed by atoms with Crippen LogP contribution in [0.15, 0.2) is 17.8 Å². The summed E-state index contributed by atoms with van der Waals surface area (Å²) < 4.78 is 1.97. The number of nitrogens with zero attached hydrogens (tertiary/aromatic N) is 4. The molecule has 1 amide bonds. The first-order valence-corrected chi connectivity index (χ1v) is 12.1. The zero-order valence-corrected chi connectivity index (χ0v) is 19.8. The smallest absolute Gasteiger partial charge is 0.235 e. The molecule has 0 radical (unpaired) electrons. The predicted octanol–water partition coefficient (Wildman–Crippen LogP) is 4.84. The van der Waals surface area contributed by atoms with Crippen molar-refractivity contribution in [1.29, 1.82) is 5.26 Å². The van der Waals surface area contributed by atoms with Gasteiger partial charge in [0.2, 0.25) is 5.91 Å². The van der Waals surface area contributed by atoms with Crippen LogP contribution >= 0.6 is 23.1 Å². The van der Waals surface area contributed by atoms with Crippen LogP contribution in [-0.2, 0) is 30.6 Å². The number of carbonyl (C=O) groups is 1. The van der Waals surface area contributed by atoms with Gasteiger partial charge in [0.1, 0.15) is 16.9 Å². The molecule has 0 aliphatic heterocycles. The van der Waals surface area contributed by atoms with Gasteiger partial charge in [-0.2, -0.15) is 5.26 Å². The molecule has 6 nitrogen and oxygen atoms in total. The minimum Gasteiger partial charge on any atom is -0.316 e. The second-order valence-electron chi connectivity index (χ2n) is 8.61. The van der Waals surface area contributed by atoms with Crippen molar-refractivity contribution in [2.45, 2.75) is 65.1 Å². The molecule has 0 saturated heterocycles. The molecule has 2 aromatic heterocycles. The van der Waals surface area contributed by atoms with Crippen LogP contribution < -0.4 is 5.32 Å². The lowest BCUT2D eigenvalue weighted by Crippen LogP contribution is -2.26. The molecule has 1 atom stereocenters. The molecule has 160 valence electrons. The number of aromatic nitrogens is 3. The zero-order chi connectivity index (χ0) is 21.9. The number of hydrogen-bond acceptors (Lipinski definition) is 6. The molecular formula is C22H29N5OS2. The summed E-state index contributed by atoms with van der Waals surface area (Å²) in [5, 5.41) is 22.5. The van der Waals surface area contributed by atoms with Crippen molar-refractivity contribution < 1.29 is 4.79 Å². The molecule has 0 saturated carbocycles. The van der Waals surface area contributed by atoms with Crippen molar-refractivity contribution in [3.8, 4) is 6.07 Å². The number of amides is 1. The number of thiophene rings is 1. The molecule has 1 aliphatic rings. The van der Waals surface area contributed by atoms with E-state index in [0.717, 1.165) is 37.1 Å². The normalized spacial score (nSPS) is 16.0. The molecule has 1 aliphatic carbocycles. The van der Waals surface area contributed by atoms with E-state index < -0.39 is 0 Å². The van der Waals surface area contributed by atoms with Crippen LogP contribution in [0, 0.1) is 22.7 Å². The lowest BCUT2D eigenvalue weighted by atomic mass is 9.72. The van der Waals surface area contributed by atoms with E-state index in [1.54, 1.807) is 17.4 Å². The molecule has 1 N–H and O–H groups in total. The van der Waals surface area contributed by atoms with Crippen LogP contribution in [-0.4, -0.2) is 26.4 Å². The van der Waals surface area contributed by atoms with Gasteiger partial charge in [-0.3, -0.25) is 4.79 Å². The summed E-state index contributed by atoms with van der Waals surface area (Å²) in [7, 11) is 0. The quantitative estimate of drug-likeness (QED) is 0.489. The molecule has 2 heterocycles. The Morgan fingerprint density at radius 3 is 2.87 bits per heavy atom. The van der Waals surface area contributed by atoms with Crippen molar-refractivity contribution in [2.75, 3.05) is 11.1 Å². The number of anilines is 1. The van der Waals surface area contributed by atoms with E-state index in [9.17, 15) is 10.1 Å². The lowest BCUT2D eigenvalue weighted by molar-refractivity contribution is -0.113. The van der Waals surface area contributed by atoms with E-state index in [-0.39, 0.29) is 17.1 Å². The zero-order valence-electron chi connectivity index (χ0n) is 18.1. The van der Waals surface area contributed by atoms with Crippen LogP contribution in [0.2, 0.25) is 0 Å². The number of carbonyl (C=O) groups excluding carboxylic acids is 1. The summed E-state index contributed by atoms with van der Waals surface area (Å²) in [4.78, 5) is 13.9. The fraction of sp³-hybridized carbons (Fsp3) is 0.545. The van der Waals surface area contributed by atoms with Gasteiger partial charge in [0.05, 0.1) is 11.3 Å². The van der Waals surface area contributed by atoms with E-state index in [2.05, 4.69) is 48.9 Å². The molecule has 0 aromatic carbocycles. The van der Waals surface area contributed by atoms with E-state index in [0.29, 0.717) is 28.2 Å². The predicted molar refractivity (Wildman–Crippen MR) is 123 cm³/mol. The maximum absolute atomic E-state index is 12.6. The summed E-state index contributed by atoms with van der Waals surface area (Å²) in [5.74, 6) is 1.56. The molecule has 2 aromatic rings. The molecule has 1 unspecified atom stereocenters. The second kappa shape index (κ2) is 9.36. The number of nitriles is 1. The SMILES string of the molecule is C=CCn1c(CC)nnc1SCC(=O)Nc1sc2c(c1C#N)CCC(C(C)(C)C)C2. The summed E-state index contributed by atoms with van der Waals surface area (Å²) in [5.41, 5.74) is 2.01. The fourth-order valence-corrected chi connectivity index (χ4v) is 5.88. The van der Waals surface area contributed by atoms with Crippen LogP contribution in [0.1, 0.15) is 55.9 Å². The average Bonchev–Trinajstić information content (AvgIpc) is 3.25.